The van der Waals surface area contributed by atoms with Crippen molar-refractivity contribution in [3.05, 3.63) is 12.2 Å². The number of carbonyl (C=O) groups excluding carboxylic acids is 2. The molecule has 0 radical (unpaired) electrons. The third kappa shape index (κ3) is 4.86. The molecule has 72 valence electrons. The normalized spacial score (nSPS) is 15.2. The molecule has 0 rings (SSSR count). The summed E-state index contributed by atoms with van der Waals surface area (Å²) in [5, 5.41) is 8.33. The topological polar surface area (TPSA) is 97.5 Å². The summed E-state index contributed by atoms with van der Waals surface area (Å²) in [5.41, 5.74) is 4.11. The number of carbonyl (C=O) groups is 3. The number of hydrogen-bond acceptors (Lipinski definition) is 4. The largest absolute Gasteiger partial charge is 0.481 e. The number of nitrogens with two attached hydrogens (primary N) is 1. The Kier molecular flexibility index (Phi) is 4.61. The Labute approximate surface area is 75.2 Å². The number of hydrogen-bond donors (Lipinski definition) is 2. The zero-order valence-corrected chi connectivity index (χ0v) is 6.97. The Morgan fingerprint density at radius 1 is 1.46 bits per heavy atom. The second kappa shape index (κ2) is 5.21. The molecule has 0 bridgehead atoms. The minimum atomic E-state index is -1.35. The van der Waals surface area contributed by atoms with Crippen LogP contribution in [0.2, 0.25) is 0 Å². The smallest absolute Gasteiger partial charge is 0.303 e. The van der Waals surface area contributed by atoms with Crippen molar-refractivity contribution >= 4 is 18.5 Å². The van der Waals surface area contributed by atoms with Gasteiger partial charge in [0.2, 0.25) is 0 Å². The molecule has 13 heavy (non-hydrogen) atoms. The van der Waals surface area contributed by atoms with Gasteiger partial charge in [0.05, 0.1) is 5.54 Å². The number of allylic oxidation sites excluding steroid dienone is 1. The van der Waals surface area contributed by atoms with E-state index in [4.69, 9.17) is 10.8 Å². The molecule has 1 atom stereocenters. The highest BCUT2D eigenvalue weighted by Crippen LogP contribution is 2.08. The number of carboxylic acids is 1. The van der Waals surface area contributed by atoms with Gasteiger partial charge in [-0.25, -0.2) is 0 Å². The minimum absolute atomic E-state index is 0.0177. The van der Waals surface area contributed by atoms with Crippen LogP contribution in [0.25, 0.3) is 0 Å². The molecule has 5 nitrogen and oxygen atoms in total. The van der Waals surface area contributed by atoms with Crippen LogP contribution in [-0.2, 0) is 14.4 Å². The van der Waals surface area contributed by atoms with Crippen molar-refractivity contribution in [1.29, 1.82) is 0 Å². The van der Waals surface area contributed by atoms with E-state index in [0.29, 0.717) is 12.6 Å². The van der Waals surface area contributed by atoms with Gasteiger partial charge in [-0.15, -0.1) is 0 Å². The standard InChI is InChI=1S/C8H11NO4/c9-8(6-11,3-1-5-10)4-2-7(12)13/h1,3,5-6H,2,4,9H2,(H,12,13). The molecule has 3 N–H and O–H groups in total. The molecule has 0 saturated heterocycles. The van der Waals surface area contributed by atoms with Crippen LogP contribution in [0.3, 0.4) is 0 Å². The first-order valence-electron chi connectivity index (χ1n) is 3.64. The van der Waals surface area contributed by atoms with Gasteiger partial charge in [0, 0.05) is 6.42 Å². The minimum Gasteiger partial charge on any atom is -0.481 e. The van der Waals surface area contributed by atoms with Crippen molar-refractivity contribution in [3.8, 4) is 0 Å². The average molecular weight is 185 g/mol. The third-order valence-corrected chi connectivity index (χ3v) is 1.48. The van der Waals surface area contributed by atoms with Crippen LogP contribution in [-0.4, -0.2) is 29.2 Å². The maximum absolute atomic E-state index is 10.5. The van der Waals surface area contributed by atoms with Crippen LogP contribution in [0.5, 0.6) is 0 Å². The van der Waals surface area contributed by atoms with E-state index in [1.807, 2.05) is 0 Å². The zero-order valence-electron chi connectivity index (χ0n) is 6.97. The van der Waals surface area contributed by atoms with Crippen molar-refractivity contribution in [2.24, 2.45) is 5.73 Å². The highest BCUT2D eigenvalue weighted by molar-refractivity contribution is 5.74. The van der Waals surface area contributed by atoms with Crippen molar-refractivity contribution < 1.29 is 19.5 Å². The van der Waals surface area contributed by atoms with E-state index in [2.05, 4.69) is 0 Å². The lowest BCUT2D eigenvalue weighted by Gasteiger charge is -2.16. The van der Waals surface area contributed by atoms with Gasteiger partial charge in [-0.1, -0.05) is 6.08 Å². The van der Waals surface area contributed by atoms with Gasteiger partial charge in [0.1, 0.15) is 12.6 Å². The molecule has 0 aromatic carbocycles. The summed E-state index contributed by atoms with van der Waals surface area (Å²) < 4.78 is 0. The van der Waals surface area contributed by atoms with E-state index in [1.54, 1.807) is 0 Å². The summed E-state index contributed by atoms with van der Waals surface area (Å²) in [4.78, 5) is 30.6. The number of carboxylic acid groups (broad SMARTS) is 1. The quantitative estimate of drug-likeness (QED) is 0.429. The second-order valence-corrected chi connectivity index (χ2v) is 2.62. The lowest BCUT2D eigenvalue weighted by atomic mass is 9.96. The molecule has 0 fully saturated rings. The molecule has 0 spiro atoms. The highest BCUT2D eigenvalue weighted by atomic mass is 16.4. The van der Waals surface area contributed by atoms with Crippen LogP contribution in [0.4, 0.5) is 0 Å². The summed E-state index contributed by atoms with van der Waals surface area (Å²) in [5.74, 6) is -1.03. The first kappa shape index (κ1) is 11.5. The number of aliphatic carboxylic acids is 1. The predicted octanol–water partition coefficient (Wildman–Crippen LogP) is -0.497. The fourth-order valence-electron chi connectivity index (χ4n) is 0.723. The Balaban J connectivity index is 4.27. The van der Waals surface area contributed by atoms with Crippen LogP contribution in [0.1, 0.15) is 12.8 Å². The molecule has 0 aliphatic carbocycles. The molecule has 0 saturated carbocycles. The Hall–Kier alpha value is -1.49. The van der Waals surface area contributed by atoms with Crippen LogP contribution >= 0.6 is 0 Å². The molecular weight excluding hydrogens is 174 g/mol. The predicted molar refractivity (Wildman–Crippen MR) is 45.1 cm³/mol. The van der Waals surface area contributed by atoms with Gasteiger partial charge in [-0.2, -0.15) is 0 Å². The Morgan fingerprint density at radius 2 is 2.08 bits per heavy atom. The van der Waals surface area contributed by atoms with Crippen molar-refractivity contribution in [1.82, 2.24) is 0 Å². The van der Waals surface area contributed by atoms with Crippen LogP contribution < -0.4 is 5.73 Å². The molecule has 0 heterocycles. The molecule has 0 aliphatic rings. The van der Waals surface area contributed by atoms with Gasteiger partial charge in [0.25, 0.3) is 0 Å². The van der Waals surface area contributed by atoms with E-state index in [1.165, 1.54) is 6.08 Å². The maximum Gasteiger partial charge on any atom is 0.303 e. The molecule has 5 heteroatoms. The molecule has 0 amide bonds. The molecular formula is C8H11NO4. The molecule has 0 aromatic rings. The fraction of sp³-hybridized carbons (Fsp3) is 0.375. The van der Waals surface area contributed by atoms with E-state index in [-0.39, 0.29) is 12.8 Å². The van der Waals surface area contributed by atoms with E-state index >= 15 is 0 Å². The summed E-state index contributed by atoms with van der Waals surface area (Å²) in [6.45, 7) is 0. The SMILES string of the molecule is NC(C=O)(C=CC=O)CCC(=O)O. The second-order valence-electron chi connectivity index (χ2n) is 2.62. The van der Waals surface area contributed by atoms with E-state index < -0.39 is 11.5 Å². The number of rotatable bonds is 6. The van der Waals surface area contributed by atoms with Crippen molar-refractivity contribution in [2.45, 2.75) is 18.4 Å². The van der Waals surface area contributed by atoms with Gasteiger partial charge < -0.3 is 15.6 Å². The summed E-state index contributed by atoms with van der Waals surface area (Å²) >= 11 is 0. The monoisotopic (exact) mass is 185 g/mol. The third-order valence-electron chi connectivity index (χ3n) is 1.48. The van der Waals surface area contributed by atoms with Crippen LogP contribution in [0.15, 0.2) is 12.2 Å². The average Bonchev–Trinajstić information content (AvgIpc) is 2.11. The van der Waals surface area contributed by atoms with Gasteiger partial charge in [0.15, 0.2) is 0 Å². The van der Waals surface area contributed by atoms with Crippen LogP contribution in [0, 0.1) is 0 Å². The Bertz CT molecular complexity index is 236. The molecule has 1 unspecified atom stereocenters. The van der Waals surface area contributed by atoms with Gasteiger partial charge >= 0.3 is 5.97 Å². The fourth-order valence-corrected chi connectivity index (χ4v) is 0.723. The summed E-state index contributed by atoms with van der Waals surface area (Å²) in [7, 11) is 0. The van der Waals surface area contributed by atoms with E-state index in [9.17, 15) is 14.4 Å². The highest BCUT2D eigenvalue weighted by Gasteiger charge is 2.21. The Morgan fingerprint density at radius 3 is 2.46 bits per heavy atom. The summed E-state index contributed by atoms with van der Waals surface area (Å²) in [6.07, 6.45) is 2.95. The molecule has 0 aliphatic heterocycles. The lowest BCUT2D eigenvalue weighted by molar-refractivity contribution is -0.137. The van der Waals surface area contributed by atoms with Gasteiger partial charge in [-0.05, 0) is 12.5 Å². The van der Waals surface area contributed by atoms with E-state index in [0.717, 1.165) is 6.08 Å². The first-order chi connectivity index (χ1) is 6.04. The van der Waals surface area contributed by atoms with Gasteiger partial charge in [-0.3, -0.25) is 9.59 Å². The lowest BCUT2D eigenvalue weighted by Crippen LogP contribution is -2.39. The zero-order chi connectivity index (χ0) is 10.3. The first-order valence-corrected chi connectivity index (χ1v) is 3.64. The van der Waals surface area contributed by atoms with Crippen molar-refractivity contribution in [2.75, 3.05) is 0 Å². The number of aldehydes is 2. The maximum atomic E-state index is 10.5. The summed E-state index contributed by atoms with van der Waals surface area (Å²) in [6, 6.07) is 0. The van der Waals surface area contributed by atoms with Crippen molar-refractivity contribution in [3.63, 3.8) is 0 Å². The molecule has 0 aromatic heterocycles.